The summed E-state index contributed by atoms with van der Waals surface area (Å²) < 4.78 is 10.1. The molecule has 1 heterocycles. The van der Waals surface area contributed by atoms with Gasteiger partial charge < -0.3 is 14.1 Å². The number of nitrogens with zero attached hydrogens (tertiary/aromatic N) is 1. The number of furan rings is 1. The summed E-state index contributed by atoms with van der Waals surface area (Å²) in [7, 11) is 1.68. The first-order valence-electron chi connectivity index (χ1n) is 8.56. The quantitative estimate of drug-likeness (QED) is 0.497. The van der Waals surface area contributed by atoms with Gasteiger partial charge in [-0.2, -0.15) is 0 Å². The van der Waals surface area contributed by atoms with E-state index in [9.17, 15) is 4.79 Å². The molecule has 0 aliphatic heterocycles. The monoisotopic (exact) mass is 345 g/mol. The molecule has 0 amide bonds. The third kappa shape index (κ3) is 6.59. The molecule has 4 heteroatoms. The summed E-state index contributed by atoms with van der Waals surface area (Å²) in [5, 5.41) is 0.975. The van der Waals surface area contributed by atoms with Crippen LogP contribution < -0.4 is 4.90 Å². The van der Waals surface area contributed by atoms with Crippen LogP contribution in [0.1, 0.15) is 36.9 Å². The molecule has 2 aromatic rings. The molecule has 0 unspecified atom stereocenters. The Bertz CT molecular complexity index is 646. The molecule has 1 aromatic heterocycles. The fourth-order valence-electron chi connectivity index (χ4n) is 2.14. The third-order valence-electron chi connectivity index (χ3n) is 3.42. The number of fused-ring (bicyclic) bond motifs is 1. The lowest BCUT2D eigenvalue weighted by Gasteiger charge is -2.21. The number of aryl methyl sites for hydroxylation is 1. The number of ether oxygens (including phenoxy) is 1. The molecule has 0 saturated heterocycles. The number of benzene rings is 1. The molecule has 0 aliphatic carbocycles. The zero-order valence-electron chi connectivity index (χ0n) is 16.2. The van der Waals surface area contributed by atoms with Crippen LogP contribution in [-0.2, 0) is 4.74 Å². The Morgan fingerprint density at radius 1 is 1.20 bits per heavy atom. The summed E-state index contributed by atoms with van der Waals surface area (Å²) in [6.45, 7) is 17.6. The van der Waals surface area contributed by atoms with E-state index in [0.29, 0.717) is 5.76 Å². The molecule has 0 radical (unpaired) electrons. The number of aldehydes is 1. The van der Waals surface area contributed by atoms with Gasteiger partial charge in [0.1, 0.15) is 5.58 Å². The molecule has 0 N–H and O–H groups in total. The van der Waals surface area contributed by atoms with E-state index in [0.717, 1.165) is 48.2 Å². The van der Waals surface area contributed by atoms with Crippen molar-refractivity contribution in [1.82, 2.24) is 0 Å². The molecule has 0 spiro atoms. The van der Waals surface area contributed by atoms with E-state index in [-0.39, 0.29) is 0 Å². The van der Waals surface area contributed by atoms with Crippen LogP contribution in [0.4, 0.5) is 5.69 Å². The van der Waals surface area contributed by atoms with Gasteiger partial charge in [-0.25, -0.2) is 0 Å². The predicted octanol–water partition coefficient (Wildman–Crippen LogP) is 5.41. The summed E-state index contributed by atoms with van der Waals surface area (Å²) in [4.78, 5) is 13.0. The first kappa shape index (κ1) is 22.7. The topological polar surface area (TPSA) is 42.7 Å². The van der Waals surface area contributed by atoms with Gasteiger partial charge in [0, 0.05) is 49.5 Å². The van der Waals surface area contributed by atoms with Crippen molar-refractivity contribution in [1.29, 1.82) is 0 Å². The van der Waals surface area contributed by atoms with Gasteiger partial charge in [0.15, 0.2) is 12.0 Å². The van der Waals surface area contributed by atoms with Crippen LogP contribution in [0.2, 0.25) is 0 Å². The second kappa shape index (κ2) is 13.0. The highest BCUT2D eigenvalue weighted by molar-refractivity contribution is 5.91. The van der Waals surface area contributed by atoms with Crippen LogP contribution in [0.25, 0.3) is 11.0 Å². The van der Waals surface area contributed by atoms with E-state index >= 15 is 0 Å². The number of carbonyl (C=O) groups excluding carboxylic acids is 1. The molecular weight excluding hydrogens is 314 g/mol. The Labute approximate surface area is 151 Å². The Kier molecular flexibility index (Phi) is 11.8. The number of methoxy groups -OCH3 is 1. The maximum absolute atomic E-state index is 10.9. The second-order valence-corrected chi connectivity index (χ2v) is 4.95. The average Bonchev–Trinajstić information content (AvgIpc) is 2.98. The van der Waals surface area contributed by atoms with E-state index in [1.807, 2.05) is 58.0 Å². The Hall–Kier alpha value is -2.33. The molecule has 0 atom stereocenters. The van der Waals surface area contributed by atoms with Crippen LogP contribution in [0.3, 0.4) is 0 Å². The number of rotatable bonds is 7. The van der Waals surface area contributed by atoms with Gasteiger partial charge in [-0.1, -0.05) is 26.0 Å². The van der Waals surface area contributed by atoms with E-state index in [2.05, 4.69) is 22.8 Å². The van der Waals surface area contributed by atoms with Gasteiger partial charge in [0.25, 0.3) is 0 Å². The van der Waals surface area contributed by atoms with Crippen LogP contribution in [-0.4, -0.2) is 33.1 Å². The number of hydrogen-bond acceptors (Lipinski definition) is 4. The van der Waals surface area contributed by atoms with E-state index < -0.39 is 0 Å². The van der Waals surface area contributed by atoms with Gasteiger partial charge in [-0.3, -0.25) is 4.79 Å². The molecule has 1 aromatic carbocycles. The number of anilines is 1. The van der Waals surface area contributed by atoms with Crippen molar-refractivity contribution in [3.63, 3.8) is 0 Å². The van der Waals surface area contributed by atoms with E-state index in [1.165, 1.54) is 0 Å². The first-order valence-corrected chi connectivity index (χ1v) is 8.56. The first-order chi connectivity index (χ1) is 12.1. The largest absolute Gasteiger partial charge is 0.453 e. The Morgan fingerprint density at radius 3 is 2.20 bits per heavy atom. The summed E-state index contributed by atoms with van der Waals surface area (Å²) >= 11 is 0. The molecular formula is C21H31NO3. The van der Waals surface area contributed by atoms with Crippen molar-refractivity contribution in [2.75, 3.05) is 31.7 Å². The van der Waals surface area contributed by atoms with Gasteiger partial charge in [0.05, 0.1) is 0 Å². The van der Waals surface area contributed by atoms with Crippen molar-refractivity contribution in [3.05, 3.63) is 54.8 Å². The summed E-state index contributed by atoms with van der Waals surface area (Å²) in [6, 6.07) is 5.95. The molecule has 138 valence electrons. The standard InChI is InChI=1S/C16H17NO2.C3H8O.C2H6/c1-4-8-17(9-5-2)13-6-7-14-12(3)16(11-18)19-15(14)10-13;1-3-4-2;1-2/h4-7,10-11H,1-2,8-9H2,3H3;3H2,1-2H3;1-2H3. The smallest absolute Gasteiger partial charge is 0.185 e. The summed E-state index contributed by atoms with van der Waals surface area (Å²) in [5.74, 6) is 0.395. The lowest BCUT2D eigenvalue weighted by molar-refractivity contribution is 0.110. The normalized spacial score (nSPS) is 9.32. The van der Waals surface area contributed by atoms with Gasteiger partial charge in [-0.15, -0.1) is 13.2 Å². The van der Waals surface area contributed by atoms with Crippen molar-refractivity contribution < 1.29 is 13.9 Å². The van der Waals surface area contributed by atoms with Crippen molar-refractivity contribution in [2.24, 2.45) is 0 Å². The maximum Gasteiger partial charge on any atom is 0.185 e. The zero-order valence-corrected chi connectivity index (χ0v) is 16.2. The molecule has 2 rings (SSSR count). The van der Waals surface area contributed by atoms with E-state index in [4.69, 9.17) is 4.42 Å². The van der Waals surface area contributed by atoms with Crippen molar-refractivity contribution >= 4 is 22.9 Å². The second-order valence-electron chi connectivity index (χ2n) is 4.95. The minimum Gasteiger partial charge on any atom is -0.453 e. The molecule has 25 heavy (non-hydrogen) atoms. The fourth-order valence-corrected chi connectivity index (χ4v) is 2.14. The minimum atomic E-state index is 0.395. The number of carbonyl (C=O) groups is 1. The van der Waals surface area contributed by atoms with Crippen LogP contribution >= 0.6 is 0 Å². The lowest BCUT2D eigenvalue weighted by Crippen LogP contribution is -2.22. The molecule has 0 saturated carbocycles. The highest BCUT2D eigenvalue weighted by Crippen LogP contribution is 2.28. The van der Waals surface area contributed by atoms with Gasteiger partial charge >= 0.3 is 0 Å². The highest BCUT2D eigenvalue weighted by atomic mass is 16.5. The summed E-state index contributed by atoms with van der Waals surface area (Å²) in [5.41, 5.74) is 2.64. The lowest BCUT2D eigenvalue weighted by atomic mass is 10.1. The minimum absolute atomic E-state index is 0.395. The molecule has 0 fully saturated rings. The van der Waals surface area contributed by atoms with Crippen LogP contribution in [0, 0.1) is 6.92 Å². The Balaban J connectivity index is 0.000000845. The molecule has 4 nitrogen and oxygen atoms in total. The SMILES string of the molecule is C=CCN(CC=C)c1ccc2c(C)c(C=O)oc2c1.CC.CCOC. The van der Waals surface area contributed by atoms with Gasteiger partial charge in [-0.05, 0) is 26.0 Å². The Morgan fingerprint density at radius 2 is 1.76 bits per heavy atom. The maximum atomic E-state index is 10.9. The predicted molar refractivity (Wildman–Crippen MR) is 108 cm³/mol. The highest BCUT2D eigenvalue weighted by Gasteiger charge is 2.11. The molecule has 0 aliphatic rings. The van der Waals surface area contributed by atoms with Crippen LogP contribution in [0.15, 0.2) is 47.9 Å². The van der Waals surface area contributed by atoms with E-state index in [1.54, 1.807) is 7.11 Å². The fraction of sp³-hybridized carbons (Fsp3) is 0.381. The zero-order chi connectivity index (χ0) is 19.2. The van der Waals surface area contributed by atoms with Crippen LogP contribution in [0.5, 0.6) is 0 Å². The van der Waals surface area contributed by atoms with Crippen molar-refractivity contribution in [3.8, 4) is 0 Å². The van der Waals surface area contributed by atoms with Gasteiger partial charge in [0.2, 0.25) is 0 Å². The van der Waals surface area contributed by atoms with Crippen molar-refractivity contribution in [2.45, 2.75) is 27.7 Å². The summed E-state index contributed by atoms with van der Waals surface area (Å²) in [6.07, 6.45) is 4.44. The third-order valence-corrected chi connectivity index (χ3v) is 3.42. The molecule has 0 bridgehead atoms. The average molecular weight is 345 g/mol. The number of hydrogen-bond donors (Lipinski definition) is 0.